The SMILES string of the molecule is CCCC[C@H]1CO[C@H]([C@H]2CO[C@H](c3ccc(CCC)cc3)OC2)OC1. The van der Waals surface area contributed by atoms with E-state index < -0.39 is 0 Å². The van der Waals surface area contributed by atoms with Crippen LogP contribution in [0.2, 0.25) is 0 Å². The van der Waals surface area contributed by atoms with Crippen LogP contribution in [-0.2, 0) is 25.4 Å². The first-order valence-corrected chi connectivity index (χ1v) is 9.85. The molecule has 0 atom stereocenters. The van der Waals surface area contributed by atoms with E-state index >= 15 is 0 Å². The van der Waals surface area contributed by atoms with Gasteiger partial charge in [-0.05, 0) is 18.4 Å². The molecular formula is C21H32O4. The molecule has 0 N–H and O–H groups in total. The molecule has 2 fully saturated rings. The molecule has 4 nitrogen and oxygen atoms in total. The number of hydrogen-bond donors (Lipinski definition) is 0. The normalized spacial score (nSPS) is 30.3. The van der Waals surface area contributed by atoms with Gasteiger partial charge in [0.25, 0.3) is 0 Å². The van der Waals surface area contributed by atoms with E-state index in [0.717, 1.165) is 31.6 Å². The van der Waals surface area contributed by atoms with Crippen LogP contribution in [0.25, 0.3) is 0 Å². The highest BCUT2D eigenvalue weighted by Crippen LogP contribution is 2.30. The van der Waals surface area contributed by atoms with Gasteiger partial charge in [0.05, 0.1) is 32.3 Å². The summed E-state index contributed by atoms with van der Waals surface area (Å²) in [5.41, 5.74) is 2.45. The van der Waals surface area contributed by atoms with Gasteiger partial charge in [0.1, 0.15) is 0 Å². The average Bonchev–Trinajstić information content (AvgIpc) is 2.68. The second-order valence-electron chi connectivity index (χ2n) is 7.29. The van der Waals surface area contributed by atoms with E-state index in [0.29, 0.717) is 19.1 Å². The molecule has 3 rings (SSSR count). The van der Waals surface area contributed by atoms with Gasteiger partial charge in [0.2, 0.25) is 0 Å². The van der Waals surface area contributed by atoms with Crippen molar-refractivity contribution in [3.05, 3.63) is 35.4 Å². The lowest BCUT2D eigenvalue weighted by Crippen LogP contribution is -2.43. The third-order valence-corrected chi connectivity index (χ3v) is 5.06. The summed E-state index contributed by atoms with van der Waals surface area (Å²) in [5.74, 6) is 0.693. The summed E-state index contributed by atoms with van der Waals surface area (Å²) in [7, 11) is 0. The van der Waals surface area contributed by atoms with E-state index in [1.807, 2.05) is 0 Å². The maximum atomic E-state index is 5.94. The minimum absolute atomic E-state index is 0.155. The third-order valence-electron chi connectivity index (χ3n) is 5.06. The zero-order valence-electron chi connectivity index (χ0n) is 15.6. The van der Waals surface area contributed by atoms with E-state index in [1.54, 1.807) is 0 Å². The summed E-state index contributed by atoms with van der Waals surface area (Å²) in [5, 5.41) is 0. The first kappa shape index (κ1) is 18.8. The highest BCUT2D eigenvalue weighted by atomic mass is 16.7. The summed E-state index contributed by atoms with van der Waals surface area (Å²) in [4.78, 5) is 0. The molecule has 0 aromatic heterocycles. The van der Waals surface area contributed by atoms with Gasteiger partial charge in [-0.25, -0.2) is 0 Å². The lowest BCUT2D eigenvalue weighted by atomic mass is 10.0. The second-order valence-corrected chi connectivity index (χ2v) is 7.29. The quantitative estimate of drug-likeness (QED) is 0.728. The highest BCUT2D eigenvalue weighted by molar-refractivity contribution is 5.23. The molecule has 140 valence electrons. The highest BCUT2D eigenvalue weighted by Gasteiger charge is 2.33. The van der Waals surface area contributed by atoms with Crippen LogP contribution in [0.15, 0.2) is 24.3 Å². The van der Waals surface area contributed by atoms with Crippen LogP contribution in [0.1, 0.15) is 56.9 Å². The van der Waals surface area contributed by atoms with Crippen molar-refractivity contribution in [1.82, 2.24) is 0 Å². The number of benzene rings is 1. The van der Waals surface area contributed by atoms with Gasteiger partial charge in [-0.15, -0.1) is 0 Å². The Morgan fingerprint density at radius 2 is 1.52 bits per heavy atom. The number of unbranched alkanes of at least 4 members (excludes halogenated alkanes) is 1. The smallest absolute Gasteiger partial charge is 0.183 e. The largest absolute Gasteiger partial charge is 0.352 e. The Balaban J connectivity index is 1.43. The minimum Gasteiger partial charge on any atom is -0.352 e. The maximum absolute atomic E-state index is 5.94. The van der Waals surface area contributed by atoms with Crippen LogP contribution < -0.4 is 0 Å². The Kier molecular flexibility index (Phi) is 7.29. The Bertz CT molecular complexity index is 485. The molecule has 0 unspecified atom stereocenters. The molecular weight excluding hydrogens is 316 g/mol. The second kappa shape index (κ2) is 9.67. The molecule has 1 aromatic rings. The fourth-order valence-corrected chi connectivity index (χ4v) is 3.49. The Labute approximate surface area is 151 Å². The zero-order valence-corrected chi connectivity index (χ0v) is 15.6. The number of ether oxygens (including phenoxy) is 4. The fraction of sp³-hybridized carbons (Fsp3) is 0.714. The van der Waals surface area contributed by atoms with Crippen molar-refractivity contribution in [2.45, 2.75) is 58.5 Å². The van der Waals surface area contributed by atoms with E-state index in [-0.39, 0.29) is 18.5 Å². The summed E-state index contributed by atoms with van der Waals surface area (Å²) in [6, 6.07) is 8.56. The molecule has 2 aliphatic rings. The predicted molar refractivity (Wildman–Crippen MR) is 97.3 cm³/mol. The van der Waals surface area contributed by atoms with Crippen molar-refractivity contribution >= 4 is 0 Å². The first-order valence-electron chi connectivity index (χ1n) is 9.85. The molecule has 25 heavy (non-hydrogen) atoms. The lowest BCUT2D eigenvalue weighted by Gasteiger charge is -2.37. The van der Waals surface area contributed by atoms with E-state index in [9.17, 15) is 0 Å². The number of hydrogen-bond acceptors (Lipinski definition) is 4. The van der Waals surface area contributed by atoms with Gasteiger partial charge < -0.3 is 18.9 Å². The summed E-state index contributed by atoms with van der Waals surface area (Å²) in [6.45, 7) is 7.24. The molecule has 0 amide bonds. The Morgan fingerprint density at radius 3 is 2.12 bits per heavy atom. The maximum Gasteiger partial charge on any atom is 0.183 e. The molecule has 1 aromatic carbocycles. The molecule has 0 radical (unpaired) electrons. The van der Waals surface area contributed by atoms with Crippen molar-refractivity contribution < 1.29 is 18.9 Å². The van der Waals surface area contributed by atoms with E-state index in [2.05, 4.69) is 38.1 Å². The van der Waals surface area contributed by atoms with Crippen LogP contribution >= 0.6 is 0 Å². The molecule has 0 saturated carbocycles. The van der Waals surface area contributed by atoms with E-state index in [4.69, 9.17) is 18.9 Å². The topological polar surface area (TPSA) is 36.9 Å². The monoisotopic (exact) mass is 348 g/mol. The van der Waals surface area contributed by atoms with Crippen molar-refractivity contribution in [3.8, 4) is 0 Å². The number of rotatable bonds is 7. The van der Waals surface area contributed by atoms with Crippen molar-refractivity contribution in [2.24, 2.45) is 11.8 Å². The van der Waals surface area contributed by atoms with Gasteiger partial charge >= 0.3 is 0 Å². The summed E-state index contributed by atoms with van der Waals surface area (Å²) in [6.07, 6.45) is 5.49. The van der Waals surface area contributed by atoms with Crippen LogP contribution in [0, 0.1) is 11.8 Å². The van der Waals surface area contributed by atoms with Crippen LogP contribution in [0.3, 0.4) is 0 Å². The van der Waals surface area contributed by atoms with Crippen molar-refractivity contribution in [2.75, 3.05) is 26.4 Å². The first-order chi connectivity index (χ1) is 12.3. The molecule has 2 heterocycles. The van der Waals surface area contributed by atoms with Crippen molar-refractivity contribution in [3.63, 3.8) is 0 Å². The van der Waals surface area contributed by atoms with Gasteiger partial charge in [0.15, 0.2) is 12.6 Å². The summed E-state index contributed by atoms with van der Waals surface area (Å²) >= 11 is 0. The van der Waals surface area contributed by atoms with Gasteiger partial charge in [-0.3, -0.25) is 0 Å². The molecule has 0 aliphatic carbocycles. The Morgan fingerprint density at radius 1 is 0.840 bits per heavy atom. The van der Waals surface area contributed by atoms with Gasteiger partial charge in [0, 0.05) is 11.5 Å². The van der Waals surface area contributed by atoms with Gasteiger partial charge in [-0.1, -0.05) is 57.4 Å². The summed E-state index contributed by atoms with van der Waals surface area (Å²) < 4.78 is 23.7. The average molecular weight is 348 g/mol. The Hall–Kier alpha value is -0.940. The number of aryl methyl sites for hydroxylation is 1. The standard InChI is InChI=1S/C21H32O4/c1-3-5-7-17-12-22-21(23-13-17)19-14-24-20(25-15-19)18-10-8-16(6-4-2)9-11-18/h8-11,17,19-21H,3-7,12-15H2,1-2H3/t17-,19-,20-,21-. The van der Waals surface area contributed by atoms with E-state index in [1.165, 1.54) is 24.8 Å². The molecule has 4 heteroatoms. The fourth-order valence-electron chi connectivity index (χ4n) is 3.49. The lowest BCUT2D eigenvalue weighted by molar-refractivity contribution is -0.283. The molecule has 2 saturated heterocycles. The molecule has 2 aliphatic heterocycles. The minimum atomic E-state index is -0.271. The van der Waals surface area contributed by atoms with Crippen LogP contribution in [-0.4, -0.2) is 32.7 Å². The zero-order chi connectivity index (χ0) is 17.5. The molecule has 0 bridgehead atoms. The van der Waals surface area contributed by atoms with Crippen molar-refractivity contribution in [1.29, 1.82) is 0 Å². The third kappa shape index (κ3) is 5.27. The predicted octanol–water partition coefficient (Wildman–Crippen LogP) is 4.48. The van der Waals surface area contributed by atoms with Crippen LogP contribution in [0.5, 0.6) is 0 Å². The van der Waals surface area contributed by atoms with Crippen LogP contribution in [0.4, 0.5) is 0 Å². The molecule has 0 spiro atoms. The van der Waals surface area contributed by atoms with Gasteiger partial charge in [-0.2, -0.15) is 0 Å².